The molecule has 1 N–H and O–H groups in total. The molecule has 0 bridgehead atoms. The van der Waals surface area contributed by atoms with E-state index in [1.54, 1.807) is 6.07 Å². The minimum Gasteiger partial charge on any atom is -0.478 e. The van der Waals surface area contributed by atoms with Crippen molar-refractivity contribution < 1.29 is 9.90 Å². The van der Waals surface area contributed by atoms with Gasteiger partial charge in [0.15, 0.2) is 0 Å². The Balaban J connectivity index is 2.61. The van der Waals surface area contributed by atoms with Gasteiger partial charge in [0.1, 0.15) is 0 Å². The van der Waals surface area contributed by atoms with Gasteiger partial charge in [0.25, 0.3) is 0 Å². The number of carboxylic acids is 1. The molecule has 2 aromatic carbocycles. The van der Waals surface area contributed by atoms with Crippen molar-refractivity contribution in [1.29, 1.82) is 0 Å². The molecule has 0 aliphatic heterocycles. The Morgan fingerprint density at radius 1 is 1.12 bits per heavy atom. The van der Waals surface area contributed by atoms with Gasteiger partial charge in [-0.15, -0.1) is 0 Å². The summed E-state index contributed by atoms with van der Waals surface area (Å²) in [6.07, 6.45) is 0. The lowest BCUT2D eigenvalue weighted by molar-refractivity contribution is 0.0696. The standard InChI is InChI=1S/C14H11IO2/c1-9-12(14(16)17)7-11(8-13(9)15)10-5-3-2-4-6-10/h2-8H,1H3,(H,16,17). The SMILES string of the molecule is Cc1c(I)cc(-c2ccccc2)cc1C(=O)O. The lowest BCUT2D eigenvalue weighted by atomic mass is 10.00. The van der Waals surface area contributed by atoms with Crippen LogP contribution in [0.2, 0.25) is 0 Å². The van der Waals surface area contributed by atoms with E-state index >= 15 is 0 Å². The van der Waals surface area contributed by atoms with Crippen molar-refractivity contribution in [2.75, 3.05) is 0 Å². The lowest BCUT2D eigenvalue weighted by Gasteiger charge is -2.08. The van der Waals surface area contributed by atoms with Gasteiger partial charge in [-0.05, 0) is 58.3 Å². The van der Waals surface area contributed by atoms with E-state index in [1.165, 1.54) is 0 Å². The Hall–Kier alpha value is -1.36. The van der Waals surface area contributed by atoms with Crippen LogP contribution in [0, 0.1) is 10.5 Å². The third-order valence-electron chi connectivity index (χ3n) is 2.68. The summed E-state index contributed by atoms with van der Waals surface area (Å²) >= 11 is 2.17. The van der Waals surface area contributed by atoms with Gasteiger partial charge in [-0.25, -0.2) is 4.79 Å². The molecular formula is C14H11IO2. The molecule has 0 aliphatic carbocycles. The first-order valence-corrected chi connectivity index (χ1v) is 6.26. The first-order chi connectivity index (χ1) is 8.09. The molecule has 0 heterocycles. The van der Waals surface area contributed by atoms with Gasteiger partial charge >= 0.3 is 5.97 Å². The molecule has 2 aromatic rings. The zero-order chi connectivity index (χ0) is 12.4. The maximum Gasteiger partial charge on any atom is 0.336 e. The molecule has 0 fully saturated rings. The van der Waals surface area contributed by atoms with Gasteiger partial charge < -0.3 is 5.11 Å². The van der Waals surface area contributed by atoms with Crippen LogP contribution in [0.15, 0.2) is 42.5 Å². The van der Waals surface area contributed by atoms with Crippen molar-refractivity contribution in [3.63, 3.8) is 0 Å². The van der Waals surface area contributed by atoms with Crippen molar-refractivity contribution in [3.8, 4) is 11.1 Å². The van der Waals surface area contributed by atoms with E-state index in [0.29, 0.717) is 5.56 Å². The second kappa shape index (κ2) is 4.87. The summed E-state index contributed by atoms with van der Waals surface area (Å²) in [6, 6.07) is 13.5. The fourth-order valence-electron chi connectivity index (χ4n) is 1.70. The third kappa shape index (κ3) is 2.49. The third-order valence-corrected chi connectivity index (χ3v) is 3.80. The minimum atomic E-state index is -0.877. The second-order valence-electron chi connectivity index (χ2n) is 3.80. The molecule has 17 heavy (non-hydrogen) atoms. The molecule has 0 unspecified atom stereocenters. The zero-order valence-corrected chi connectivity index (χ0v) is 11.4. The molecule has 0 spiro atoms. The van der Waals surface area contributed by atoms with Crippen LogP contribution < -0.4 is 0 Å². The fourth-order valence-corrected chi connectivity index (χ4v) is 2.32. The van der Waals surface area contributed by atoms with Crippen LogP contribution in [0.5, 0.6) is 0 Å². The maximum atomic E-state index is 11.2. The summed E-state index contributed by atoms with van der Waals surface area (Å²) in [4.78, 5) is 11.2. The quantitative estimate of drug-likeness (QED) is 0.842. The van der Waals surface area contributed by atoms with Crippen molar-refractivity contribution in [3.05, 3.63) is 57.2 Å². The van der Waals surface area contributed by atoms with Gasteiger partial charge in [0.05, 0.1) is 5.56 Å². The van der Waals surface area contributed by atoms with Crippen LogP contribution in [-0.4, -0.2) is 11.1 Å². The van der Waals surface area contributed by atoms with Crippen molar-refractivity contribution in [2.45, 2.75) is 6.92 Å². The number of halogens is 1. The number of hydrogen-bond donors (Lipinski definition) is 1. The molecule has 0 amide bonds. The maximum absolute atomic E-state index is 11.2. The Kier molecular flexibility index (Phi) is 3.47. The average Bonchev–Trinajstić information content (AvgIpc) is 2.33. The Morgan fingerprint density at radius 2 is 1.76 bits per heavy atom. The van der Waals surface area contributed by atoms with E-state index in [0.717, 1.165) is 20.3 Å². The Morgan fingerprint density at radius 3 is 2.35 bits per heavy atom. The van der Waals surface area contributed by atoms with Gasteiger partial charge in [0.2, 0.25) is 0 Å². The van der Waals surface area contributed by atoms with Crippen molar-refractivity contribution in [1.82, 2.24) is 0 Å². The normalized spacial score (nSPS) is 10.2. The van der Waals surface area contributed by atoms with Crippen LogP contribution in [0.25, 0.3) is 11.1 Å². The summed E-state index contributed by atoms with van der Waals surface area (Å²) < 4.78 is 0.973. The Bertz CT molecular complexity index is 562. The molecule has 86 valence electrons. The zero-order valence-electron chi connectivity index (χ0n) is 9.27. The van der Waals surface area contributed by atoms with E-state index in [4.69, 9.17) is 5.11 Å². The highest BCUT2D eigenvalue weighted by molar-refractivity contribution is 14.1. The summed E-state index contributed by atoms with van der Waals surface area (Å²) in [7, 11) is 0. The monoisotopic (exact) mass is 338 g/mol. The van der Waals surface area contributed by atoms with Crippen LogP contribution in [0.1, 0.15) is 15.9 Å². The summed E-state index contributed by atoms with van der Waals surface area (Å²) in [5.74, 6) is -0.877. The lowest BCUT2D eigenvalue weighted by Crippen LogP contribution is -2.02. The molecule has 0 saturated carbocycles. The van der Waals surface area contributed by atoms with E-state index in [1.807, 2.05) is 43.3 Å². The van der Waals surface area contributed by atoms with Crippen LogP contribution in [-0.2, 0) is 0 Å². The summed E-state index contributed by atoms with van der Waals surface area (Å²) in [6.45, 7) is 1.83. The summed E-state index contributed by atoms with van der Waals surface area (Å²) in [5, 5.41) is 9.16. The number of aromatic carboxylic acids is 1. The highest BCUT2D eigenvalue weighted by Gasteiger charge is 2.12. The van der Waals surface area contributed by atoms with Crippen LogP contribution in [0.3, 0.4) is 0 Å². The van der Waals surface area contributed by atoms with Crippen molar-refractivity contribution in [2.24, 2.45) is 0 Å². The summed E-state index contributed by atoms with van der Waals surface area (Å²) in [5.41, 5.74) is 3.17. The highest BCUT2D eigenvalue weighted by atomic mass is 127. The smallest absolute Gasteiger partial charge is 0.336 e. The predicted octanol–water partition coefficient (Wildman–Crippen LogP) is 3.96. The topological polar surface area (TPSA) is 37.3 Å². The number of benzene rings is 2. The first kappa shape index (κ1) is 12.1. The molecule has 0 atom stereocenters. The fraction of sp³-hybridized carbons (Fsp3) is 0.0714. The average molecular weight is 338 g/mol. The van der Waals surface area contributed by atoms with E-state index in [-0.39, 0.29) is 0 Å². The Labute approximate surface area is 113 Å². The molecule has 0 aliphatic rings. The molecule has 3 heteroatoms. The highest BCUT2D eigenvalue weighted by Crippen LogP contribution is 2.26. The first-order valence-electron chi connectivity index (χ1n) is 5.18. The van der Waals surface area contributed by atoms with E-state index in [2.05, 4.69) is 22.6 Å². The molecule has 2 rings (SSSR count). The van der Waals surface area contributed by atoms with E-state index in [9.17, 15) is 4.79 Å². The van der Waals surface area contributed by atoms with Gasteiger partial charge in [0, 0.05) is 3.57 Å². The molecule has 0 radical (unpaired) electrons. The predicted molar refractivity (Wildman–Crippen MR) is 76.3 cm³/mol. The second-order valence-corrected chi connectivity index (χ2v) is 4.96. The molecule has 2 nitrogen and oxygen atoms in total. The molecular weight excluding hydrogens is 327 g/mol. The van der Waals surface area contributed by atoms with Gasteiger partial charge in [-0.1, -0.05) is 30.3 Å². The van der Waals surface area contributed by atoms with Gasteiger partial charge in [-0.3, -0.25) is 0 Å². The van der Waals surface area contributed by atoms with E-state index < -0.39 is 5.97 Å². The largest absolute Gasteiger partial charge is 0.478 e. The minimum absolute atomic E-state index is 0.371. The number of carbonyl (C=O) groups is 1. The van der Waals surface area contributed by atoms with Crippen molar-refractivity contribution >= 4 is 28.6 Å². The van der Waals surface area contributed by atoms with Gasteiger partial charge in [-0.2, -0.15) is 0 Å². The van der Waals surface area contributed by atoms with Crippen LogP contribution >= 0.6 is 22.6 Å². The molecule has 0 aromatic heterocycles. The number of hydrogen-bond acceptors (Lipinski definition) is 1. The van der Waals surface area contributed by atoms with Crippen LogP contribution in [0.4, 0.5) is 0 Å². The number of rotatable bonds is 2. The number of carboxylic acid groups (broad SMARTS) is 1. The molecule has 0 saturated heterocycles.